The molecule has 0 atom stereocenters. The largest absolute Gasteiger partial charge is 0.456 e. The Balaban J connectivity index is 1.02. The molecule has 3 heterocycles. The van der Waals surface area contributed by atoms with Crippen molar-refractivity contribution in [3.8, 4) is 73.2 Å². The van der Waals surface area contributed by atoms with Gasteiger partial charge in [-0.2, -0.15) is 0 Å². The molecule has 0 saturated carbocycles. The fourth-order valence-electron chi connectivity index (χ4n) is 8.82. The lowest BCUT2D eigenvalue weighted by atomic mass is 9.93. The van der Waals surface area contributed by atoms with E-state index in [9.17, 15) is 0 Å². The molecule has 9 aromatic carbocycles. The van der Waals surface area contributed by atoms with Gasteiger partial charge in [0.05, 0.1) is 11.0 Å². The number of hydrogen-bond donors (Lipinski definition) is 0. The molecular weight excluding hydrogens is 757 g/mol. The first kappa shape index (κ1) is 35.5. The summed E-state index contributed by atoms with van der Waals surface area (Å²) in [6.45, 7) is 0. The van der Waals surface area contributed by atoms with E-state index in [0.717, 1.165) is 66.5 Å². The molecule has 0 aliphatic rings. The lowest BCUT2D eigenvalue weighted by molar-refractivity contribution is 0.669. The van der Waals surface area contributed by atoms with Gasteiger partial charge >= 0.3 is 0 Å². The molecular formula is C57H36N4O. The quantitative estimate of drug-likeness (QED) is 0.161. The van der Waals surface area contributed by atoms with Crippen LogP contribution in [0, 0.1) is 0 Å². The van der Waals surface area contributed by atoms with Crippen molar-refractivity contribution in [3.05, 3.63) is 218 Å². The van der Waals surface area contributed by atoms with Gasteiger partial charge in [0.15, 0.2) is 17.5 Å². The monoisotopic (exact) mass is 792 g/mol. The van der Waals surface area contributed by atoms with E-state index in [-0.39, 0.29) is 0 Å². The van der Waals surface area contributed by atoms with Crippen molar-refractivity contribution in [3.63, 3.8) is 0 Å². The van der Waals surface area contributed by atoms with Crippen LogP contribution in [0.1, 0.15) is 0 Å². The number of aromatic nitrogens is 4. The van der Waals surface area contributed by atoms with Gasteiger partial charge in [-0.05, 0) is 94.0 Å². The van der Waals surface area contributed by atoms with Crippen LogP contribution in [0.5, 0.6) is 0 Å². The summed E-state index contributed by atoms with van der Waals surface area (Å²) in [5.74, 6) is 1.78. The molecule has 5 nitrogen and oxygen atoms in total. The lowest BCUT2D eigenvalue weighted by Gasteiger charge is -2.13. The van der Waals surface area contributed by atoms with Crippen molar-refractivity contribution in [2.45, 2.75) is 0 Å². The molecule has 62 heavy (non-hydrogen) atoms. The summed E-state index contributed by atoms with van der Waals surface area (Å²) in [5, 5.41) is 4.52. The van der Waals surface area contributed by atoms with Gasteiger partial charge in [0.1, 0.15) is 11.2 Å². The smallest absolute Gasteiger partial charge is 0.164 e. The van der Waals surface area contributed by atoms with Gasteiger partial charge in [-0.25, -0.2) is 15.0 Å². The third kappa shape index (κ3) is 6.23. The highest BCUT2D eigenvalue weighted by atomic mass is 16.3. The molecule has 12 aromatic rings. The molecule has 0 spiro atoms. The van der Waals surface area contributed by atoms with Gasteiger partial charge in [0.25, 0.3) is 0 Å². The van der Waals surface area contributed by atoms with E-state index in [1.54, 1.807) is 0 Å². The normalized spacial score (nSPS) is 11.5. The first-order chi connectivity index (χ1) is 30.7. The fourth-order valence-corrected chi connectivity index (χ4v) is 8.82. The molecule has 0 amide bonds. The average molecular weight is 793 g/mol. The van der Waals surface area contributed by atoms with E-state index in [0.29, 0.717) is 17.5 Å². The predicted octanol–water partition coefficient (Wildman–Crippen LogP) is 14.9. The summed E-state index contributed by atoms with van der Waals surface area (Å²) < 4.78 is 8.65. The fraction of sp³-hybridized carbons (Fsp3) is 0. The standard InChI is InChI=1S/C57H36N4O/c1-4-15-37(16-5-1)43-31-44(38-17-6-2-7-18-38)33-45(32-43)40-27-29-48-47-23-10-12-25-51(47)61(52(48)35-40)46-22-14-21-41(34-46)56-58-55(39-19-8-3-9-20-39)59-57(60-56)42-28-30-50-49-24-11-13-26-53(49)62-54(50)36-42/h1-36H. The molecule has 290 valence electrons. The van der Waals surface area contributed by atoms with Crippen LogP contribution in [0.4, 0.5) is 0 Å². The van der Waals surface area contributed by atoms with Crippen LogP contribution in [-0.2, 0) is 0 Å². The average Bonchev–Trinajstić information content (AvgIpc) is 3.89. The molecule has 0 fully saturated rings. The first-order valence-corrected chi connectivity index (χ1v) is 20.8. The van der Waals surface area contributed by atoms with Crippen molar-refractivity contribution in [2.75, 3.05) is 0 Å². The second-order valence-electron chi connectivity index (χ2n) is 15.6. The van der Waals surface area contributed by atoms with Gasteiger partial charge < -0.3 is 8.98 Å². The molecule has 0 N–H and O–H groups in total. The number of nitrogens with zero attached hydrogens (tertiary/aromatic N) is 4. The molecule has 0 aliphatic heterocycles. The third-order valence-electron chi connectivity index (χ3n) is 11.8. The Morgan fingerprint density at radius 1 is 0.274 bits per heavy atom. The molecule has 3 aromatic heterocycles. The van der Waals surface area contributed by atoms with Crippen LogP contribution in [0.25, 0.3) is 117 Å². The van der Waals surface area contributed by atoms with Crippen LogP contribution in [0.15, 0.2) is 223 Å². The van der Waals surface area contributed by atoms with E-state index in [1.807, 2.05) is 54.6 Å². The molecule has 5 heteroatoms. The third-order valence-corrected chi connectivity index (χ3v) is 11.8. The summed E-state index contributed by atoms with van der Waals surface area (Å²) in [4.78, 5) is 15.3. The molecule has 0 bridgehead atoms. The van der Waals surface area contributed by atoms with Crippen molar-refractivity contribution in [1.29, 1.82) is 0 Å². The zero-order valence-electron chi connectivity index (χ0n) is 33.5. The molecule has 12 rings (SSSR count). The van der Waals surface area contributed by atoms with Crippen LogP contribution in [0.2, 0.25) is 0 Å². The van der Waals surface area contributed by atoms with E-state index in [1.165, 1.54) is 33.0 Å². The maximum atomic E-state index is 6.29. The summed E-state index contributed by atoms with van der Waals surface area (Å²) in [6, 6.07) is 76.7. The number of rotatable bonds is 7. The Bertz CT molecular complexity index is 3570. The number of fused-ring (bicyclic) bond motifs is 6. The van der Waals surface area contributed by atoms with Crippen LogP contribution >= 0.6 is 0 Å². The highest BCUT2D eigenvalue weighted by Crippen LogP contribution is 2.39. The van der Waals surface area contributed by atoms with Crippen LogP contribution in [-0.4, -0.2) is 19.5 Å². The second kappa shape index (κ2) is 14.7. The Morgan fingerprint density at radius 3 is 1.45 bits per heavy atom. The minimum atomic E-state index is 0.579. The molecule has 0 saturated heterocycles. The first-order valence-electron chi connectivity index (χ1n) is 20.8. The number of benzene rings is 9. The van der Waals surface area contributed by atoms with E-state index < -0.39 is 0 Å². The SMILES string of the molecule is c1ccc(-c2cc(-c3ccccc3)cc(-c3ccc4c5ccccc5n(-c5cccc(-c6nc(-c7ccccc7)nc(-c7ccc8c(c7)oc7ccccc78)n6)c5)c4c3)c2)cc1. The summed E-state index contributed by atoms with van der Waals surface area (Å²) in [6.07, 6.45) is 0. The lowest BCUT2D eigenvalue weighted by Crippen LogP contribution is -2.01. The highest BCUT2D eigenvalue weighted by Gasteiger charge is 2.18. The number of hydrogen-bond acceptors (Lipinski definition) is 4. The van der Waals surface area contributed by atoms with Gasteiger partial charge in [-0.3, -0.25) is 0 Å². The van der Waals surface area contributed by atoms with Gasteiger partial charge in [0.2, 0.25) is 0 Å². The summed E-state index contributed by atoms with van der Waals surface area (Å²) >= 11 is 0. The Labute approximate surface area is 357 Å². The van der Waals surface area contributed by atoms with Gasteiger partial charge in [-0.15, -0.1) is 0 Å². The van der Waals surface area contributed by atoms with Crippen molar-refractivity contribution in [2.24, 2.45) is 0 Å². The van der Waals surface area contributed by atoms with Crippen molar-refractivity contribution >= 4 is 43.7 Å². The number of furan rings is 1. The molecule has 0 unspecified atom stereocenters. The maximum absolute atomic E-state index is 6.29. The maximum Gasteiger partial charge on any atom is 0.164 e. The van der Waals surface area contributed by atoms with E-state index in [2.05, 4.69) is 168 Å². The molecule has 0 aliphatic carbocycles. The highest BCUT2D eigenvalue weighted by molar-refractivity contribution is 6.10. The minimum absolute atomic E-state index is 0.579. The van der Waals surface area contributed by atoms with Gasteiger partial charge in [-0.1, -0.05) is 158 Å². The zero-order valence-corrected chi connectivity index (χ0v) is 33.5. The van der Waals surface area contributed by atoms with Crippen LogP contribution < -0.4 is 0 Å². The Morgan fingerprint density at radius 2 is 0.758 bits per heavy atom. The van der Waals surface area contributed by atoms with Gasteiger partial charge in [0, 0.05) is 43.9 Å². The topological polar surface area (TPSA) is 56.7 Å². The molecule has 0 radical (unpaired) electrons. The predicted molar refractivity (Wildman–Crippen MR) is 254 cm³/mol. The second-order valence-corrected chi connectivity index (χ2v) is 15.6. The minimum Gasteiger partial charge on any atom is -0.456 e. The van der Waals surface area contributed by atoms with Crippen molar-refractivity contribution < 1.29 is 4.42 Å². The van der Waals surface area contributed by atoms with E-state index >= 15 is 0 Å². The van der Waals surface area contributed by atoms with E-state index in [4.69, 9.17) is 19.4 Å². The summed E-state index contributed by atoms with van der Waals surface area (Å²) in [5.41, 5.74) is 14.6. The Hall–Kier alpha value is -8.41. The summed E-state index contributed by atoms with van der Waals surface area (Å²) in [7, 11) is 0. The van der Waals surface area contributed by atoms with Crippen LogP contribution in [0.3, 0.4) is 0 Å². The Kier molecular flexibility index (Phi) is 8.42. The number of para-hydroxylation sites is 2. The zero-order chi connectivity index (χ0) is 41.0. The van der Waals surface area contributed by atoms with Crippen molar-refractivity contribution in [1.82, 2.24) is 19.5 Å².